The highest BCUT2D eigenvalue weighted by molar-refractivity contribution is 7.89. The molecule has 0 spiro atoms. The van der Waals surface area contributed by atoms with E-state index in [1.54, 1.807) is 43.5 Å². The summed E-state index contributed by atoms with van der Waals surface area (Å²) in [5.74, 6) is -0.0476. The predicted molar refractivity (Wildman–Crippen MR) is 144 cm³/mol. The van der Waals surface area contributed by atoms with Gasteiger partial charge >= 0.3 is 0 Å². The second kappa shape index (κ2) is 10.6. The second-order valence-electron chi connectivity index (χ2n) is 9.19. The van der Waals surface area contributed by atoms with Crippen LogP contribution in [0.4, 0.5) is 10.7 Å². The van der Waals surface area contributed by atoms with E-state index in [-0.39, 0.29) is 16.4 Å². The zero-order valence-electron chi connectivity index (χ0n) is 20.6. The molecule has 3 aromatic rings. The number of carbonyl (C=O) groups is 2. The van der Waals surface area contributed by atoms with Crippen molar-refractivity contribution < 1.29 is 22.7 Å². The quantitative estimate of drug-likeness (QED) is 0.443. The van der Waals surface area contributed by atoms with Crippen molar-refractivity contribution in [2.75, 3.05) is 30.8 Å². The lowest BCUT2D eigenvalue weighted by Crippen LogP contribution is -2.28. The number of thiophene rings is 1. The Hall–Kier alpha value is -3.21. The Kier molecular flexibility index (Phi) is 7.32. The Bertz CT molecular complexity index is 1420. The van der Waals surface area contributed by atoms with E-state index in [0.717, 1.165) is 49.0 Å². The maximum Gasteiger partial charge on any atom is 0.258 e. The number of methoxy groups -OCH3 is 1. The Balaban J connectivity index is 1.41. The van der Waals surface area contributed by atoms with Crippen LogP contribution >= 0.6 is 11.3 Å². The Morgan fingerprint density at radius 1 is 0.919 bits per heavy atom. The van der Waals surface area contributed by atoms with Crippen molar-refractivity contribution in [3.63, 3.8) is 0 Å². The summed E-state index contributed by atoms with van der Waals surface area (Å²) in [7, 11) is -2.07. The fourth-order valence-corrected chi connectivity index (χ4v) is 7.66. The molecular weight excluding hydrogens is 510 g/mol. The van der Waals surface area contributed by atoms with Crippen LogP contribution < -0.4 is 15.4 Å². The molecule has 2 amide bonds. The Morgan fingerprint density at radius 2 is 1.65 bits per heavy atom. The number of anilines is 2. The van der Waals surface area contributed by atoms with Gasteiger partial charge in [0.1, 0.15) is 10.8 Å². The number of aryl methyl sites for hydroxylation is 1. The molecule has 0 atom stereocenters. The van der Waals surface area contributed by atoms with Crippen LogP contribution in [-0.2, 0) is 22.9 Å². The molecule has 1 fully saturated rings. The first-order valence-electron chi connectivity index (χ1n) is 12.4. The van der Waals surface area contributed by atoms with Crippen LogP contribution in [0.15, 0.2) is 53.4 Å². The lowest BCUT2D eigenvalue weighted by molar-refractivity contribution is 0.102. The lowest BCUT2D eigenvalue weighted by atomic mass is 9.95. The minimum atomic E-state index is -3.65. The van der Waals surface area contributed by atoms with Crippen LogP contribution in [0.5, 0.6) is 5.75 Å². The van der Waals surface area contributed by atoms with Crippen LogP contribution in [0.3, 0.4) is 0 Å². The largest absolute Gasteiger partial charge is 0.497 e. The number of benzene rings is 2. The van der Waals surface area contributed by atoms with Gasteiger partial charge in [0, 0.05) is 29.2 Å². The minimum absolute atomic E-state index is 0.102. The summed E-state index contributed by atoms with van der Waals surface area (Å²) in [6.45, 7) is 0.984. The molecule has 10 heteroatoms. The van der Waals surface area contributed by atoms with Crippen LogP contribution in [-0.4, -0.2) is 44.7 Å². The van der Waals surface area contributed by atoms with E-state index in [1.165, 1.54) is 27.8 Å². The van der Waals surface area contributed by atoms with Crippen LogP contribution in [0.2, 0.25) is 0 Å². The summed E-state index contributed by atoms with van der Waals surface area (Å²) in [4.78, 5) is 27.9. The topological polar surface area (TPSA) is 105 Å². The van der Waals surface area contributed by atoms with Gasteiger partial charge in [-0.2, -0.15) is 4.31 Å². The first kappa shape index (κ1) is 25.4. The molecule has 1 aromatic heterocycles. The van der Waals surface area contributed by atoms with Gasteiger partial charge in [-0.25, -0.2) is 8.42 Å². The maximum absolute atomic E-state index is 13.4. The number of fused-ring (bicyclic) bond motifs is 1. The minimum Gasteiger partial charge on any atom is -0.497 e. The summed E-state index contributed by atoms with van der Waals surface area (Å²) < 4.78 is 32.6. The average Bonchev–Trinajstić information content (AvgIpc) is 3.58. The van der Waals surface area contributed by atoms with Crippen molar-refractivity contribution in [3.05, 3.63) is 70.1 Å². The molecule has 2 heterocycles. The molecule has 2 aromatic carbocycles. The number of amides is 2. The molecule has 0 saturated carbocycles. The van der Waals surface area contributed by atoms with E-state index in [1.807, 2.05) is 0 Å². The van der Waals surface area contributed by atoms with Crippen LogP contribution in [0, 0.1) is 0 Å². The number of ether oxygens (including phenoxy) is 1. The van der Waals surface area contributed by atoms with Crippen LogP contribution in [0.1, 0.15) is 56.8 Å². The number of hydrogen-bond acceptors (Lipinski definition) is 6. The molecule has 2 aliphatic rings. The number of carbonyl (C=O) groups excluding carboxylic acids is 2. The summed E-state index contributed by atoms with van der Waals surface area (Å²) in [5, 5.41) is 6.33. The molecule has 1 aliphatic carbocycles. The van der Waals surface area contributed by atoms with Gasteiger partial charge in [0.15, 0.2) is 0 Å². The molecular formula is C27H29N3O5S2. The number of sulfonamides is 1. The number of hydrogen-bond donors (Lipinski definition) is 2. The van der Waals surface area contributed by atoms with Crippen molar-refractivity contribution in [3.8, 4) is 5.75 Å². The van der Waals surface area contributed by atoms with Gasteiger partial charge in [-0.3, -0.25) is 9.59 Å². The van der Waals surface area contributed by atoms with Crippen LogP contribution in [0.25, 0.3) is 0 Å². The van der Waals surface area contributed by atoms with E-state index in [0.29, 0.717) is 35.1 Å². The van der Waals surface area contributed by atoms with Gasteiger partial charge in [-0.05, 0) is 86.6 Å². The zero-order chi connectivity index (χ0) is 26.0. The van der Waals surface area contributed by atoms with E-state index >= 15 is 0 Å². The van der Waals surface area contributed by atoms with Crippen molar-refractivity contribution in [2.45, 2.75) is 43.4 Å². The van der Waals surface area contributed by atoms with Gasteiger partial charge in [-0.15, -0.1) is 11.3 Å². The SMILES string of the molecule is COc1ccc(NC(=O)c2c(NC(=O)c3cccc(S(=O)(=O)N4CCCC4)c3)sc3c2CCCC3)cc1. The molecule has 1 aliphatic heterocycles. The molecule has 1 saturated heterocycles. The van der Waals surface area contributed by atoms with Gasteiger partial charge in [0.25, 0.3) is 11.8 Å². The molecule has 37 heavy (non-hydrogen) atoms. The smallest absolute Gasteiger partial charge is 0.258 e. The molecule has 0 unspecified atom stereocenters. The van der Waals surface area contributed by atoms with E-state index < -0.39 is 15.9 Å². The third-order valence-electron chi connectivity index (χ3n) is 6.77. The lowest BCUT2D eigenvalue weighted by Gasteiger charge is -2.16. The normalized spacial score (nSPS) is 15.7. The fraction of sp³-hybridized carbons (Fsp3) is 0.333. The molecule has 8 nitrogen and oxygen atoms in total. The third kappa shape index (κ3) is 5.27. The Morgan fingerprint density at radius 3 is 2.38 bits per heavy atom. The molecule has 194 valence electrons. The fourth-order valence-electron chi connectivity index (χ4n) is 4.81. The van der Waals surface area contributed by atoms with Gasteiger partial charge in [-0.1, -0.05) is 6.07 Å². The standard InChI is InChI=1S/C27H29N3O5S2/c1-35-20-13-11-19(12-14-20)28-26(32)24-22-9-2-3-10-23(22)36-27(24)29-25(31)18-7-6-8-21(17-18)37(33,34)30-15-4-5-16-30/h6-8,11-14,17H,2-5,9-10,15-16H2,1H3,(H,28,32)(H,29,31). The molecule has 5 rings (SSSR count). The maximum atomic E-state index is 13.4. The van der Waals surface area contributed by atoms with E-state index in [9.17, 15) is 18.0 Å². The highest BCUT2D eigenvalue weighted by atomic mass is 32.2. The first-order chi connectivity index (χ1) is 17.9. The van der Waals surface area contributed by atoms with Crippen molar-refractivity contribution in [2.24, 2.45) is 0 Å². The summed E-state index contributed by atoms with van der Waals surface area (Å²) in [6.07, 6.45) is 5.33. The van der Waals surface area contributed by atoms with Gasteiger partial charge in [0.2, 0.25) is 10.0 Å². The van der Waals surface area contributed by atoms with E-state index in [2.05, 4.69) is 10.6 Å². The Labute approximate surface area is 220 Å². The molecule has 0 radical (unpaired) electrons. The van der Waals surface area contributed by atoms with Crippen molar-refractivity contribution >= 4 is 43.9 Å². The first-order valence-corrected chi connectivity index (χ1v) is 14.6. The van der Waals surface area contributed by atoms with Crippen molar-refractivity contribution in [1.82, 2.24) is 4.31 Å². The van der Waals surface area contributed by atoms with Crippen molar-refractivity contribution in [1.29, 1.82) is 0 Å². The monoisotopic (exact) mass is 539 g/mol. The molecule has 0 bridgehead atoms. The number of nitrogens with one attached hydrogen (secondary N) is 2. The highest BCUT2D eigenvalue weighted by Crippen LogP contribution is 2.39. The van der Waals surface area contributed by atoms with Gasteiger partial charge < -0.3 is 15.4 Å². The second-order valence-corrected chi connectivity index (χ2v) is 12.2. The third-order valence-corrected chi connectivity index (χ3v) is 9.87. The highest BCUT2D eigenvalue weighted by Gasteiger charge is 2.29. The zero-order valence-corrected chi connectivity index (χ0v) is 22.2. The number of nitrogens with zero attached hydrogens (tertiary/aromatic N) is 1. The molecule has 2 N–H and O–H groups in total. The summed E-state index contributed by atoms with van der Waals surface area (Å²) >= 11 is 1.42. The van der Waals surface area contributed by atoms with Gasteiger partial charge in [0.05, 0.1) is 17.6 Å². The number of rotatable bonds is 7. The van der Waals surface area contributed by atoms with E-state index in [4.69, 9.17) is 4.74 Å². The summed E-state index contributed by atoms with van der Waals surface area (Å²) in [5.41, 5.74) is 2.31. The predicted octanol–water partition coefficient (Wildman–Crippen LogP) is 4.92. The summed E-state index contributed by atoms with van der Waals surface area (Å²) in [6, 6.07) is 13.2. The average molecular weight is 540 g/mol.